The van der Waals surface area contributed by atoms with Crippen molar-refractivity contribution in [3.05, 3.63) is 118 Å². The van der Waals surface area contributed by atoms with Gasteiger partial charge in [-0.25, -0.2) is 13.2 Å². The van der Waals surface area contributed by atoms with Gasteiger partial charge in [0.25, 0.3) is 5.91 Å². The van der Waals surface area contributed by atoms with Crippen molar-refractivity contribution in [2.75, 3.05) is 0 Å². The largest absolute Gasteiger partial charge is 0.461 e. The van der Waals surface area contributed by atoms with E-state index in [4.69, 9.17) is 4.52 Å². The first-order valence-electron chi connectivity index (χ1n) is 12.0. The normalized spacial score (nSPS) is 13.6. The average Bonchev–Trinajstić information content (AvgIpc) is 3.31. The highest BCUT2D eigenvalue weighted by Gasteiger charge is 2.45. The summed E-state index contributed by atoms with van der Waals surface area (Å²) in [5.74, 6) is -6.24. The lowest BCUT2D eigenvalue weighted by Crippen LogP contribution is -2.48. The highest BCUT2D eigenvalue weighted by atomic mass is 19.4. The highest BCUT2D eigenvalue weighted by molar-refractivity contribution is 5.95. The van der Waals surface area contributed by atoms with E-state index >= 15 is 0 Å². The Labute approximate surface area is 236 Å². The molecule has 3 aromatic carbocycles. The Balaban J connectivity index is 1.95. The number of hydrogen-bond acceptors (Lipinski definition) is 4. The molecule has 1 heterocycles. The summed E-state index contributed by atoms with van der Waals surface area (Å²) in [5, 5.41) is 6.09. The number of nitrogens with one attached hydrogen (secondary N) is 1. The van der Waals surface area contributed by atoms with E-state index in [2.05, 4.69) is 15.2 Å². The minimum absolute atomic E-state index is 0.0400. The van der Waals surface area contributed by atoms with E-state index < -0.39 is 76.5 Å². The van der Waals surface area contributed by atoms with Crippen LogP contribution in [0.1, 0.15) is 38.5 Å². The molecule has 4 rings (SSSR count). The van der Waals surface area contributed by atoms with Crippen LogP contribution in [0.2, 0.25) is 0 Å². The lowest BCUT2D eigenvalue weighted by molar-refractivity contribution is -0.253. The predicted octanol–water partition coefficient (Wildman–Crippen LogP) is 7.57. The van der Waals surface area contributed by atoms with E-state index in [1.165, 1.54) is 13.0 Å². The zero-order valence-corrected chi connectivity index (χ0v) is 21.6. The summed E-state index contributed by atoms with van der Waals surface area (Å²) in [6.07, 6.45) is -15.1. The molecule has 228 valence electrons. The van der Waals surface area contributed by atoms with Crippen LogP contribution in [0.15, 0.2) is 71.3 Å². The van der Waals surface area contributed by atoms with Crippen molar-refractivity contribution < 1.29 is 58.0 Å². The van der Waals surface area contributed by atoms with Crippen molar-refractivity contribution in [3.8, 4) is 5.75 Å². The first-order valence-corrected chi connectivity index (χ1v) is 12.0. The number of ether oxygens (including phenoxy) is 1. The monoisotopic (exact) mass is 620 g/mol. The average molecular weight is 620 g/mol. The van der Waals surface area contributed by atoms with Crippen LogP contribution in [0.5, 0.6) is 5.75 Å². The van der Waals surface area contributed by atoms with E-state index in [1.54, 1.807) is 0 Å². The minimum Gasteiger partial charge on any atom is -0.428 e. The number of carbonyl (C=O) groups excluding carboxylic acids is 1. The van der Waals surface area contributed by atoms with E-state index in [-0.39, 0.29) is 17.4 Å². The van der Waals surface area contributed by atoms with Crippen molar-refractivity contribution in [1.82, 2.24) is 10.5 Å². The number of hydrogen-bond donors (Lipinski definition) is 1. The molecule has 1 aromatic heterocycles. The lowest BCUT2D eigenvalue weighted by atomic mass is 9.78. The standard InChI is InChI=1S/C28H18F10N2O3/c1-14-8-21(43-40-14)13-26(16-3-5-18(29)6-4-16,17-10-19(30)12-20(11-17)42-28(37,38)25(32)33)39-24(41)15-2-7-23(31)22(9-15)27(34,35)36/h2-12,25H,13H2,1H3,(H,39,41)/t26-/m1/s1. The third kappa shape index (κ3) is 6.92. The van der Waals surface area contributed by atoms with Crippen LogP contribution in [0.25, 0.3) is 0 Å². The first-order chi connectivity index (χ1) is 20.0. The molecule has 15 heteroatoms. The first kappa shape index (κ1) is 31.4. The zero-order valence-electron chi connectivity index (χ0n) is 21.6. The molecule has 0 aliphatic rings. The summed E-state index contributed by atoms with van der Waals surface area (Å²) in [5.41, 5.74) is -4.95. The van der Waals surface area contributed by atoms with Crippen LogP contribution in [0.4, 0.5) is 43.9 Å². The quantitative estimate of drug-likeness (QED) is 0.196. The molecule has 1 N–H and O–H groups in total. The summed E-state index contributed by atoms with van der Waals surface area (Å²) in [4.78, 5) is 13.5. The van der Waals surface area contributed by atoms with Crippen molar-refractivity contribution in [2.45, 2.75) is 37.6 Å². The van der Waals surface area contributed by atoms with Gasteiger partial charge >= 0.3 is 18.7 Å². The molecular formula is C28H18F10N2O3. The van der Waals surface area contributed by atoms with Crippen LogP contribution in [-0.2, 0) is 18.1 Å². The van der Waals surface area contributed by atoms with Gasteiger partial charge in [0.2, 0.25) is 0 Å². The van der Waals surface area contributed by atoms with Gasteiger partial charge in [-0.3, -0.25) is 4.79 Å². The lowest BCUT2D eigenvalue weighted by Gasteiger charge is -2.36. The van der Waals surface area contributed by atoms with Gasteiger partial charge in [0.1, 0.15) is 29.0 Å². The van der Waals surface area contributed by atoms with Gasteiger partial charge in [0, 0.05) is 24.1 Å². The van der Waals surface area contributed by atoms with Gasteiger partial charge in [-0.2, -0.15) is 30.7 Å². The summed E-state index contributed by atoms with van der Waals surface area (Å²) < 4.78 is 145. The highest BCUT2D eigenvalue weighted by Crippen LogP contribution is 2.39. The Morgan fingerprint density at radius 2 is 1.56 bits per heavy atom. The van der Waals surface area contributed by atoms with Crippen molar-refractivity contribution in [1.29, 1.82) is 0 Å². The number of benzene rings is 3. The third-order valence-corrected chi connectivity index (χ3v) is 6.19. The molecule has 5 nitrogen and oxygen atoms in total. The summed E-state index contributed by atoms with van der Waals surface area (Å²) in [7, 11) is 0. The SMILES string of the molecule is Cc1cc(C[C@@](NC(=O)c2ccc(F)c(C(F)(F)F)c2)(c2ccc(F)cc2)c2cc(F)cc(OC(F)(F)C(F)F)c2)on1. The van der Waals surface area contributed by atoms with Gasteiger partial charge < -0.3 is 14.6 Å². The molecule has 0 aliphatic heterocycles. The molecule has 4 aromatic rings. The molecule has 43 heavy (non-hydrogen) atoms. The second-order valence-corrected chi connectivity index (χ2v) is 9.31. The zero-order chi connectivity index (χ0) is 31.7. The Kier molecular flexibility index (Phi) is 8.47. The molecule has 1 amide bonds. The molecular weight excluding hydrogens is 602 g/mol. The maximum Gasteiger partial charge on any atom is 0.461 e. The molecule has 0 aliphatic carbocycles. The number of nitrogens with zero attached hydrogens (tertiary/aromatic N) is 1. The number of aryl methyl sites for hydroxylation is 1. The smallest absolute Gasteiger partial charge is 0.428 e. The van der Waals surface area contributed by atoms with E-state index in [9.17, 15) is 48.7 Å². The van der Waals surface area contributed by atoms with Crippen LogP contribution in [-0.4, -0.2) is 23.6 Å². The summed E-state index contributed by atoms with van der Waals surface area (Å²) in [6.45, 7) is 1.50. The molecule has 0 saturated carbocycles. The Morgan fingerprint density at radius 3 is 2.14 bits per heavy atom. The fourth-order valence-electron chi connectivity index (χ4n) is 4.27. The number of alkyl halides is 7. The Morgan fingerprint density at radius 1 is 0.884 bits per heavy atom. The molecule has 0 spiro atoms. The molecule has 0 saturated heterocycles. The number of aromatic nitrogens is 1. The van der Waals surface area contributed by atoms with E-state index in [0.717, 1.165) is 30.3 Å². The van der Waals surface area contributed by atoms with Crippen molar-refractivity contribution in [3.63, 3.8) is 0 Å². The Hall–Kier alpha value is -4.56. The van der Waals surface area contributed by atoms with Crippen LogP contribution in [0, 0.1) is 24.4 Å². The summed E-state index contributed by atoms with van der Waals surface area (Å²) in [6, 6.07) is 8.39. The van der Waals surface area contributed by atoms with E-state index in [0.29, 0.717) is 30.0 Å². The van der Waals surface area contributed by atoms with Crippen LogP contribution in [0.3, 0.4) is 0 Å². The second-order valence-electron chi connectivity index (χ2n) is 9.31. The van der Waals surface area contributed by atoms with Crippen LogP contribution < -0.4 is 10.1 Å². The maximum atomic E-state index is 14.9. The van der Waals surface area contributed by atoms with Gasteiger partial charge in [0.15, 0.2) is 0 Å². The number of halogens is 10. The molecule has 0 bridgehead atoms. The van der Waals surface area contributed by atoms with Gasteiger partial charge in [-0.05, 0) is 60.5 Å². The second kappa shape index (κ2) is 11.6. The van der Waals surface area contributed by atoms with Crippen molar-refractivity contribution in [2.24, 2.45) is 0 Å². The molecule has 0 unspecified atom stereocenters. The Bertz CT molecular complexity index is 1620. The van der Waals surface area contributed by atoms with E-state index in [1.807, 2.05) is 0 Å². The maximum absolute atomic E-state index is 14.9. The summed E-state index contributed by atoms with van der Waals surface area (Å²) >= 11 is 0. The molecule has 1 atom stereocenters. The van der Waals surface area contributed by atoms with Gasteiger partial charge in [0.05, 0.1) is 16.8 Å². The van der Waals surface area contributed by atoms with Gasteiger partial charge in [-0.15, -0.1) is 0 Å². The molecule has 0 fully saturated rings. The van der Waals surface area contributed by atoms with Crippen LogP contribution >= 0.6 is 0 Å². The number of carbonyl (C=O) groups is 1. The topological polar surface area (TPSA) is 64.4 Å². The fourth-order valence-corrected chi connectivity index (χ4v) is 4.27. The van der Waals surface area contributed by atoms with Gasteiger partial charge in [-0.1, -0.05) is 17.3 Å². The molecule has 0 radical (unpaired) electrons. The predicted molar refractivity (Wildman–Crippen MR) is 129 cm³/mol. The number of rotatable bonds is 9. The fraction of sp³-hybridized carbons (Fsp3) is 0.214. The minimum atomic E-state index is -5.20. The third-order valence-electron chi connectivity index (χ3n) is 6.19. The van der Waals surface area contributed by atoms with Crippen molar-refractivity contribution >= 4 is 5.91 Å². The number of amides is 1.